The van der Waals surface area contributed by atoms with Crippen molar-refractivity contribution in [3.05, 3.63) is 35.9 Å². The van der Waals surface area contributed by atoms with Gasteiger partial charge in [-0.3, -0.25) is 9.69 Å². The Bertz CT molecular complexity index is 613. The maximum absolute atomic E-state index is 12.6. The molecule has 1 aromatic rings. The van der Waals surface area contributed by atoms with Gasteiger partial charge in [-0.1, -0.05) is 18.2 Å². The van der Waals surface area contributed by atoms with Crippen LogP contribution in [0.5, 0.6) is 0 Å². The van der Waals surface area contributed by atoms with Crippen LogP contribution in [-0.4, -0.2) is 72.4 Å². The molecule has 26 heavy (non-hydrogen) atoms. The van der Waals surface area contributed by atoms with Crippen molar-refractivity contribution in [2.24, 2.45) is 5.41 Å². The highest BCUT2D eigenvalue weighted by molar-refractivity contribution is 5.94. The lowest BCUT2D eigenvalue weighted by Crippen LogP contribution is -2.44. The second-order valence-corrected chi connectivity index (χ2v) is 8.27. The Hall–Kier alpha value is -1.43. The Morgan fingerprint density at radius 3 is 2.69 bits per heavy atom. The fraction of sp³-hybridized carbons (Fsp3) is 0.667. The molecule has 0 saturated carbocycles. The number of aliphatic hydroxyl groups is 1. The van der Waals surface area contributed by atoms with Gasteiger partial charge in [0, 0.05) is 31.2 Å². The van der Waals surface area contributed by atoms with Crippen molar-refractivity contribution in [2.75, 3.05) is 39.4 Å². The average Bonchev–Trinajstić information content (AvgIpc) is 3.30. The minimum absolute atomic E-state index is 0.152. The summed E-state index contributed by atoms with van der Waals surface area (Å²) in [7, 11) is 0. The van der Waals surface area contributed by atoms with Crippen molar-refractivity contribution in [3.8, 4) is 0 Å². The number of amides is 1. The summed E-state index contributed by atoms with van der Waals surface area (Å²) >= 11 is 0. The van der Waals surface area contributed by atoms with Crippen LogP contribution in [0.25, 0.3) is 0 Å². The van der Waals surface area contributed by atoms with E-state index in [1.807, 2.05) is 35.2 Å². The van der Waals surface area contributed by atoms with Gasteiger partial charge in [0.15, 0.2) is 0 Å². The predicted molar refractivity (Wildman–Crippen MR) is 100 cm³/mol. The van der Waals surface area contributed by atoms with E-state index in [4.69, 9.17) is 4.74 Å². The Balaban J connectivity index is 1.30. The third kappa shape index (κ3) is 3.66. The van der Waals surface area contributed by atoms with Crippen LogP contribution < -0.4 is 0 Å². The van der Waals surface area contributed by atoms with E-state index in [1.165, 1.54) is 6.42 Å². The fourth-order valence-corrected chi connectivity index (χ4v) is 4.91. The molecular weight excluding hydrogens is 328 g/mol. The first-order valence-electron chi connectivity index (χ1n) is 10.00. The van der Waals surface area contributed by atoms with E-state index in [-0.39, 0.29) is 24.0 Å². The molecule has 3 fully saturated rings. The molecule has 2 atom stereocenters. The summed E-state index contributed by atoms with van der Waals surface area (Å²) in [5.41, 5.74) is 1.03. The first-order chi connectivity index (χ1) is 12.7. The molecule has 142 valence electrons. The molecule has 1 aromatic carbocycles. The summed E-state index contributed by atoms with van der Waals surface area (Å²) < 4.78 is 6.15. The van der Waals surface area contributed by atoms with Gasteiger partial charge in [0.25, 0.3) is 5.91 Å². The van der Waals surface area contributed by atoms with Crippen LogP contribution in [-0.2, 0) is 4.74 Å². The topological polar surface area (TPSA) is 53.0 Å². The number of likely N-dealkylation sites (tertiary alicyclic amines) is 2. The monoisotopic (exact) mass is 358 g/mol. The van der Waals surface area contributed by atoms with Crippen LogP contribution in [0.4, 0.5) is 0 Å². The molecule has 3 saturated heterocycles. The first-order valence-corrected chi connectivity index (χ1v) is 10.00. The van der Waals surface area contributed by atoms with Crippen LogP contribution >= 0.6 is 0 Å². The van der Waals surface area contributed by atoms with Crippen molar-refractivity contribution in [3.63, 3.8) is 0 Å². The zero-order valence-corrected chi connectivity index (χ0v) is 15.5. The molecule has 1 amide bonds. The van der Waals surface area contributed by atoms with Gasteiger partial charge in [-0.2, -0.15) is 0 Å². The number of piperidine rings is 1. The molecule has 0 bridgehead atoms. The zero-order chi connectivity index (χ0) is 18.0. The molecule has 0 aliphatic carbocycles. The minimum Gasteiger partial charge on any atom is -0.395 e. The molecule has 1 N–H and O–H groups in total. The highest BCUT2D eigenvalue weighted by Crippen LogP contribution is 2.42. The van der Waals surface area contributed by atoms with E-state index in [0.29, 0.717) is 6.04 Å². The molecule has 5 heteroatoms. The predicted octanol–water partition coefficient (Wildman–Crippen LogP) is 2.15. The standard InChI is InChI=1S/C21H30N2O3/c24-15-18-7-4-10-23(18)14-19-13-21(16-26-19)8-11-22(12-9-21)20(25)17-5-2-1-3-6-17/h1-3,5-6,18-19,24H,4,7-16H2/t18-,19-/m0/s1. The molecule has 0 aromatic heterocycles. The van der Waals surface area contributed by atoms with E-state index in [2.05, 4.69) is 4.90 Å². The molecule has 0 unspecified atom stereocenters. The summed E-state index contributed by atoms with van der Waals surface area (Å²) in [4.78, 5) is 17.0. The van der Waals surface area contributed by atoms with Gasteiger partial charge in [-0.05, 0) is 56.2 Å². The number of benzene rings is 1. The second-order valence-electron chi connectivity index (χ2n) is 8.27. The molecule has 3 heterocycles. The highest BCUT2D eigenvalue weighted by Gasteiger charge is 2.44. The lowest BCUT2D eigenvalue weighted by atomic mass is 9.76. The summed E-state index contributed by atoms with van der Waals surface area (Å²) in [5, 5.41) is 9.51. The van der Waals surface area contributed by atoms with Gasteiger partial charge in [0.1, 0.15) is 0 Å². The quantitative estimate of drug-likeness (QED) is 0.896. The maximum Gasteiger partial charge on any atom is 0.253 e. The van der Waals surface area contributed by atoms with Gasteiger partial charge in [-0.25, -0.2) is 0 Å². The lowest BCUT2D eigenvalue weighted by Gasteiger charge is -2.38. The van der Waals surface area contributed by atoms with Crippen LogP contribution in [0.1, 0.15) is 42.5 Å². The molecule has 5 nitrogen and oxygen atoms in total. The van der Waals surface area contributed by atoms with E-state index in [0.717, 1.165) is 64.0 Å². The summed E-state index contributed by atoms with van der Waals surface area (Å²) in [6, 6.07) is 9.91. The van der Waals surface area contributed by atoms with E-state index in [1.54, 1.807) is 0 Å². The fourth-order valence-electron chi connectivity index (χ4n) is 4.91. The van der Waals surface area contributed by atoms with Gasteiger partial charge in [0.05, 0.1) is 19.3 Å². The number of carbonyl (C=O) groups is 1. The molecule has 4 rings (SSSR count). The first kappa shape index (κ1) is 18.0. The van der Waals surface area contributed by atoms with Crippen molar-refractivity contribution >= 4 is 5.91 Å². The Labute approximate surface area is 155 Å². The second kappa shape index (κ2) is 7.67. The number of aliphatic hydroxyl groups excluding tert-OH is 1. The number of ether oxygens (including phenoxy) is 1. The molecule has 3 aliphatic rings. The molecular formula is C21H30N2O3. The normalized spacial score (nSPS) is 28.7. The molecule has 1 spiro atoms. The van der Waals surface area contributed by atoms with Crippen molar-refractivity contribution in [2.45, 2.75) is 44.2 Å². The van der Waals surface area contributed by atoms with Gasteiger partial charge < -0.3 is 14.7 Å². The smallest absolute Gasteiger partial charge is 0.253 e. The molecule has 3 aliphatic heterocycles. The van der Waals surface area contributed by atoms with Gasteiger partial charge >= 0.3 is 0 Å². The third-order valence-electron chi connectivity index (χ3n) is 6.57. The average molecular weight is 358 g/mol. The van der Waals surface area contributed by atoms with Gasteiger partial charge in [-0.15, -0.1) is 0 Å². The Morgan fingerprint density at radius 1 is 1.19 bits per heavy atom. The molecule has 0 radical (unpaired) electrons. The van der Waals surface area contributed by atoms with Gasteiger partial charge in [0.2, 0.25) is 0 Å². The zero-order valence-electron chi connectivity index (χ0n) is 15.5. The Morgan fingerprint density at radius 2 is 1.96 bits per heavy atom. The van der Waals surface area contributed by atoms with Crippen LogP contribution in [0.2, 0.25) is 0 Å². The van der Waals surface area contributed by atoms with Crippen molar-refractivity contribution in [1.82, 2.24) is 9.80 Å². The van der Waals surface area contributed by atoms with E-state index >= 15 is 0 Å². The number of hydrogen-bond donors (Lipinski definition) is 1. The van der Waals surface area contributed by atoms with Crippen LogP contribution in [0, 0.1) is 5.41 Å². The van der Waals surface area contributed by atoms with E-state index in [9.17, 15) is 9.90 Å². The largest absolute Gasteiger partial charge is 0.395 e. The van der Waals surface area contributed by atoms with Crippen molar-refractivity contribution < 1.29 is 14.6 Å². The SMILES string of the molecule is O=C(c1ccccc1)N1CCC2(CC1)CO[C@H](CN1CCC[C@H]1CO)C2. The third-order valence-corrected chi connectivity index (χ3v) is 6.57. The minimum atomic E-state index is 0.152. The summed E-state index contributed by atoms with van der Waals surface area (Å²) in [6.45, 7) is 4.76. The maximum atomic E-state index is 12.6. The van der Waals surface area contributed by atoms with Crippen molar-refractivity contribution in [1.29, 1.82) is 0 Å². The Kier molecular flexibility index (Phi) is 5.30. The van der Waals surface area contributed by atoms with Crippen LogP contribution in [0.3, 0.4) is 0 Å². The summed E-state index contributed by atoms with van der Waals surface area (Å²) in [5.74, 6) is 0.152. The summed E-state index contributed by atoms with van der Waals surface area (Å²) in [6.07, 6.45) is 5.72. The number of nitrogens with zero attached hydrogens (tertiary/aromatic N) is 2. The number of hydrogen-bond acceptors (Lipinski definition) is 4. The van der Waals surface area contributed by atoms with E-state index < -0.39 is 0 Å². The number of carbonyl (C=O) groups excluding carboxylic acids is 1. The number of rotatable bonds is 4. The lowest BCUT2D eigenvalue weighted by molar-refractivity contribution is 0.0401. The highest BCUT2D eigenvalue weighted by atomic mass is 16.5. The van der Waals surface area contributed by atoms with Crippen LogP contribution in [0.15, 0.2) is 30.3 Å².